The molecule has 3 aliphatic heterocycles. The Morgan fingerprint density at radius 1 is 0.810 bits per heavy atom. The van der Waals surface area contributed by atoms with Crippen molar-refractivity contribution in [3.05, 3.63) is 98.5 Å². The minimum atomic E-state index is -1.38. The number of imide groups is 1. The van der Waals surface area contributed by atoms with Gasteiger partial charge in [0.05, 0.1) is 5.69 Å². The first-order chi connectivity index (χ1) is 20.1. The third-order valence-corrected chi connectivity index (χ3v) is 9.29. The van der Waals surface area contributed by atoms with Crippen LogP contribution < -0.4 is 10.2 Å². The van der Waals surface area contributed by atoms with E-state index < -0.39 is 17.2 Å². The van der Waals surface area contributed by atoms with Crippen LogP contribution in [0.1, 0.15) is 36.0 Å². The summed E-state index contributed by atoms with van der Waals surface area (Å²) >= 11 is 18.6. The monoisotopic (exact) mass is 626 g/mol. The van der Waals surface area contributed by atoms with Gasteiger partial charge >= 0.3 is 12.1 Å². The summed E-state index contributed by atoms with van der Waals surface area (Å²) in [6.07, 6.45) is 1.47. The lowest BCUT2D eigenvalue weighted by Gasteiger charge is -2.46. The molecule has 11 heteroatoms. The Morgan fingerprint density at radius 2 is 1.38 bits per heavy atom. The van der Waals surface area contributed by atoms with E-state index in [1.165, 1.54) is 9.80 Å². The maximum absolute atomic E-state index is 14.0. The van der Waals surface area contributed by atoms with E-state index in [1.54, 1.807) is 61.6 Å². The van der Waals surface area contributed by atoms with Gasteiger partial charge in [0.15, 0.2) is 5.54 Å². The topological polar surface area (TPSA) is 82.2 Å². The van der Waals surface area contributed by atoms with Gasteiger partial charge in [0.25, 0.3) is 5.91 Å². The van der Waals surface area contributed by atoms with Crippen LogP contribution in [0.3, 0.4) is 0 Å². The summed E-state index contributed by atoms with van der Waals surface area (Å²) in [6.45, 7) is 2.33. The van der Waals surface area contributed by atoms with Crippen LogP contribution in [0.25, 0.3) is 0 Å². The highest BCUT2D eigenvalue weighted by molar-refractivity contribution is 6.31. The fraction of sp³-hybridized carbons (Fsp3) is 0.323. The van der Waals surface area contributed by atoms with E-state index in [1.807, 2.05) is 12.1 Å². The van der Waals surface area contributed by atoms with E-state index in [0.29, 0.717) is 65.1 Å². The normalized spacial score (nSPS) is 19.6. The Hall–Kier alpha value is -3.30. The molecule has 3 heterocycles. The van der Waals surface area contributed by atoms with E-state index in [2.05, 4.69) is 10.2 Å². The molecular weight excluding hydrogens is 599 g/mol. The van der Waals surface area contributed by atoms with Crippen LogP contribution in [-0.2, 0) is 20.7 Å². The van der Waals surface area contributed by atoms with Crippen molar-refractivity contribution in [2.45, 2.75) is 30.4 Å². The number of nitrogens with one attached hydrogen (secondary N) is 1. The number of amides is 4. The molecule has 218 valence electrons. The fourth-order valence-corrected chi connectivity index (χ4v) is 6.68. The Morgan fingerprint density at radius 3 is 1.98 bits per heavy atom. The molecule has 1 spiro atoms. The number of rotatable bonds is 6. The molecule has 0 bridgehead atoms. The standard InChI is InChI=1S/C31H29Cl3N4O4/c1-36-26-12-11-24(34)19-25(26)30(42-29(36)41)13-17-37(18-14-30)15-2-16-38-27(39)31(35-28(38)40,20-3-7-22(32)8-4-20)21-5-9-23(33)10-6-21/h3-12,19H,2,13-18H2,1H3,(H,35,40). The lowest BCUT2D eigenvalue weighted by atomic mass is 9.82. The molecule has 1 N–H and O–H groups in total. The van der Waals surface area contributed by atoms with Crippen molar-refractivity contribution >= 4 is 58.5 Å². The molecule has 0 aliphatic carbocycles. The molecule has 0 unspecified atom stereocenters. The summed E-state index contributed by atoms with van der Waals surface area (Å²) < 4.78 is 5.97. The Balaban J connectivity index is 1.14. The van der Waals surface area contributed by atoms with Gasteiger partial charge in [0.2, 0.25) is 0 Å². The molecule has 0 radical (unpaired) electrons. The number of fused-ring (bicyclic) bond motifs is 2. The minimum absolute atomic E-state index is 0.257. The highest BCUT2D eigenvalue weighted by atomic mass is 35.5. The van der Waals surface area contributed by atoms with Crippen LogP contribution in [0.15, 0.2) is 66.7 Å². The van der Waals surface area contributed by atoms with Crippen molar-refractivity contribution in [1.82, 2.24) is 15.1 Å². The number of hydrogen-bond acceptors (Lipinski definition) is 5. The SMILES string of the molecule is CN1C(=O)OC2(CCN(CCCN3C(=O)NC(c4ccc(Cl)cc4)(c4ccc(Cl)cc4)C3=O)CC2)c2cc(Cl)ccc21. The van der Waals surface area contributed by atoms with Crippen molar-refractivity contribution in [2.75, 3.05) is 38.1 Å². The van der Waals surface area contributed by atoms with Gasteiger partial charge in [-0.25, -0.2) is 9.59 Å². The lowest BCUT2D eigenvalue weighted by Crippen LogP contribution is -2.51. The summed E-state index contributed by atoms with van der Waals surface area (Å²) in [5, 5.41) is 4.62. The summed E-state index contributed by atoms with van der Waals surface area (Å²) in [5.41, 5.74) is 0.872. The largest absolute Gasteiger partial charge is 0.437 e. The molecule has 3 aromatic carbocycles. The molecule has 2 saturated heterocycles. The number of anilines is 1. The number of nitrogens with zero attached hydrogens (tertiary/aromatic N) is 3. The van der Waals surface area contributed by atoms with Gasteiger partial charge in [-0.15, -0.1) is 0 Å². The van der Waals surface area contributed by atoms with Crippen LogP contribution in [0, 0.1) is 0 Å². The molecule has 2 fully saturated rings. The van der Waals surface area contributed by atoms with Crippen LogP contribution in [0.2, 0.25) is 15.1 Å². The number of carbonyl (C=O) groups is 3. The van der Waals surface area contributed by atoms with Gasteiger partial charge in [-0.2, -0.15) is 0 Å². The zero-order chi connectivity index (χ0) is 29.6. The highest BCUT2D eigenvalue weighted by Gasteiger charge is 2.53. The molecule has 0 aromatic heterocycles. The summed E-state index contributed by atoms with van der Waals surface area (Å²) in [5.74, 6) is -0.346. The third kappa shape index (κ3) is 4.90. The second-order valence-electron chi connectivity index (χ2n) is 10.9. The maximum Gasteiger partial charge on any atom is 0.414 e. The molecule has 6 rings (SSSR count). The second-order valence-corrected chi connectivity index (χ2v) is 12.2. The van der Waals surface area contributed by atoms with Crippen molar-refractivity contribution in [3.8, 4) is 0 Å². The number of urea groups is 1. The second kappa shape index (κ2) is 11.1. The average molecular weight is 628 g/mol. The minimum Gasteiger partial charge on any atom is -0.437 e. The first-order valence-corrected chi connectivity index (χ1v) is 14.9. The number of benzene rings is 3. The van der Waals surface area contributed by atoms with E-state index in [9.17, 15) is 14.4 Å². The smallest absolute Gasteiger partial charge is 0.414 e. The first kappa shape index (κ1) is 28.8. The number of likely N-dealkylation sites (tertiary alicyclic amines) is 1. The molecule has 0 atom stereocenters. The van der Waals surface area contributed by atoms with Crippen LogP contribution >= 0.6 is 34.8 Å². The molecule has 0 saturated carbocycles. The van der Waals surface area contributed by atoms with Crippen molar-refractivity contribution in [2.24, 2.45) is 0 Å². The van der Waals surface area contributed by atoms with Gasteiger partial charge in [-0.05, 0) is 66.6 Å². The van der Waals surface area contributed by atoms with E-state index in [4.69, 9.17) is 39.5 Å². The van der Waals surface area contributed by atoms with Gasteiger partial charge in [0, 0.05) is 60.2 Å². The maximum atomic E-state index is 14.0. The number of carbonyl (C=O) groups excluding carboxylic acids is 3. The van der Waals surface area contributed by atoms with Gasteiger partial charge in [-0.1, -0.05) is 59.1 Å². The number of ether oxygens (including phenoxy) is 1. The van der Waals surface area contributed by atoms with E-state index in [-0.39, 0.29) is 18.5 Å². The number of halogens is 3. The highest BCUT2D eigenvalue weighted by Crippen LogP contribution is 2.46. The first-order valence-electron chi connectivity index (χ1n) is 13.8. The third-order valence-electron chi connectivity index (χ3n) is 8.55. The molecular formula is C31H29Cl3N4O4. The Kier molecular flexibility index (Phi) is 7.60. The number of hydrogen-bond donors (Lipinski definition) is 1. The van der Waals surface area contributed by atoms with E-state index in [0.717, 1.165) is 11.3 Å². The van der Waals surface area contributed by atoms with Crippen molar-refractivity contribution in [1.29, 1.82) is 0 Å². The summed E-state index contributed by atoms with van der Waals surface area (Å²) in [7, 11) is 1.70. The van der Waals surface area contributed by atoms with Crippen LogP contribution in [0.5, 0.6) is 0 Å². The summed E-state index contributed by atoms with van der Waals surface area (Å²) in [4.78, 5) is 44.9. The predicted molar refractivity (Wildman–Crippen MR) is 162 cm³/mol. The van der Waals surface area contributed by atoms with Crippen molar-refractivity contribution < 1.29 is 19.1 Å². The van der Waals surface area contributed by atoms with Crippen LogP contribution in [0.4, 0.5) is 15.3 Å². The predicted octanol–water partition coefficient (Wildman–Crippen LogP) is 6.41. The zero-order valence-electron chi connectivity index (χ0n) is 22.9. The molecule has 3 aromatic rings. The van der Waals surface area contributed by atoms with Gasteiger partial charge in [0.1, 0.15) is 5.60 Å². The Labute approximate surface area is 259 Å². The Bertz CT molecular complexity index is 1490. The molecule has 4 amide bonds. The molecule has 8 nitrogen and oxygen atoms in total. The van der Waals surface area contributed by atoms with E-state index >= 15 is 0 Å². The average Bonchev–Trinajstić information content (AvgIpc) is 3.23. The lowest BCUT2D eigenvalue weighted by molar-refractivity contribution is -0.130. The number of piperidine rings is 1. The summed E-state index contributed by atoms with van der Waals surface area (Å²) in [6, 6.07) is 18.9. The quantitative estimate of drug-likeness (QED) is 0.320. The molecule has 3 aliphatic rings. The zero-order valence-corrected chi connectivity index (χ0v) is 25.2. The fourth-order valence-electron chi connectivity index (χ4n) is 6.25. The molecule has 42 heavy (non-hydrogen) atoms. The van der Waals surface area contributed by atoms with Crippen LogP contribution in [-0.4, -0.2) is 61.1 Å². The van der Waals surface area contributed by atoms with Crippen molar-refractivity contribution in [3.63, 3.8) is 0 Å². The van der Waals surface area contributed by atoms with Gasteiger partial charge in [-0.3, -0.25) is 14.6 Å². The van der Waals surface area contributed by atoms with Gasteiger partial charge < -0.3 is 15.0 Å².